The number of amides is 2. The third kappa shape index (κ3) is 5.64. The predicted molar refractivity (Wildman–Crippen MR) is 168 cm³/mol. The second-order valence-corrected chi connectivity index (χ2v) is 10.4. The van der Waals surface area contributed by atoms with Crippen LogP contribution in [0, 0.1) is 11.8 Å². The van der Waals surface area contributed by atoms with E-state index < -0.39 is 5.69 Å². The van der Waals surface area contributed by atoms with Gasteiger partial charge in [-0.15, -0.1) is 0 Å². The summed E-state index contributed by atoms with van der Waals surface area (Å²) in [6.45, 7) is 0.524. The molecule has 0 radical (unpaired) electrons. The maximum absolute atomic E-state index is 14.0. The van der Waals surface area contributed by atoms with Gasteiger partial charge in [-0.25, -0.2) is 24.3 Å². The Morgan fingerprint density at radius 2 is 1.77 bits per heavy atom. The zero-order valence-corrected chi connectivity index (χ0v) is 24.1. The van der Waals surface area contributed by atoms with Crippen molar-refractivity contribution >= 4 is 40.3 Å². The van der Waals surface area contributed by atoms with Crippen molar-refractivity contribution in [1.29, 1.82) is 0 Å². The Kier molecular flexibility index (Phi) is 7.61. The number of pyridine rings is 1. The van der Waals surface area contributed by atoms with Crippen molar-refractivity contribution in [3.63, 3.8) is 0 Å². The molecule has 1 saturated carbocycles. The molecule has 0 aliphatic heterocycles. The highest BCUT2D eigenvalue weighted by Crippen LogP contribution is 2.26. The first kappa shape index (κ1) is 28.3. The fourth-order valence-electron chi connectivity index (χ4n) is 4.83. The number of aromatic nitrogens is 5. The molecule has 1 fully saturated rings. The summed E-state index contributed by atoms with van der Waals surface area (Å²) in [5.74, 6) is 5.49. The molecule has 3 N–H and O–H groups in total. The Balaban J connectivity index is 1.32. The lowest BCUT2D eigenvalue weighted by Crippen LogP contribution is -2.26. The van der Waals surface area contributed by atoms with Gasteiger partial charge in [0.25, 0.3) is 5.91 Å². The number of imidazole rings is 1. The number of nitrogen functional groups attached to an aromatic ring is 1. The molecule has 2 aromatic carbocycles. The number of hydrogen-bond acceptors (Lipinski definition) is 8. The minimum Gasteiger partial charge on any atom is -0.382 e. The molecule has 3 heterocycles. The van der Waals surface area contributed by atoms with E-state index in [1.807, 2.05) is 7.05 Å². The van der Waals surface area contributed by atoms with Gasteiger partial charge in [0, 0.05) is 30.5 Å². The molecule has 220 valence electrons. The molecular weight excluding hydrogens is 558 g/mol. The van der Waals surface area contributed by atoms with E-state index in [0.29, 0.717) is 46.5 Å². The lowest BCUT2D eigenvalue weighted by atomic mass is 10.2. The largest absolute Gasteiger partial charge is 0.382 e. The summed E-state index contributed by atoms with van der Waals surface area (Å²) in [5, 5.41) is 2.74. The Hall–Kier alpha value is -5.80. The smallest absolute Gasteiger partial charge is 0.339 e. The molecule has 6 rings (SSSR count). The molecule has 0 unspecified atom stereocenters. The van der Waals surface area contributed by atoms with E-state index in [2.05, 4.69) is 37.0 Å². The highest BCUT2D eigenvalue weighted by atomic mass is 16.2. The number of anilines is 3. The van der Waals surface area contributed by atoms with Crippen LogP contribution in [0.4, 0.5) is 17.3 Å². The van der Waals surface area contributed by atoms with Crippen molar-refractivity contribution in [3.05, 3.63) is 95.3 Å². The van der Waals surface area contributed by atoms with Gasteiger partial charge in [0.1, 0.15) is 17.7 Å². The van der Waals surface area contributed by atoms with Gasteiger partial charge in [-0.3, -0.25) is 19.1 Å². The van der Waals surface area contributed by atoms with Crippen LogP contribution in [-0.2, 0) is 4.79 Å². The van der Waals surface area contributed by atoms with E-state index in [4.69, 9.17) is 5.73 Å². The van der Waals surface area contributed by atoms with Gasteiger partial charge in [0.05, 0.1) is 17.9 Å². The van der Waals surface area contributed by atoms with Crippen LogP contribution in [0.25, 0.3) is 22.5 Å². The fourth-order valence-corrected chi connectivity index (χ4v) is 4.83. The molecular formula is C32H29N9O3. The number of carbonyl (C=O) groups is 2. The number of carbonyl (C=O) groups excluding carboxylic acids is 2. The Bertz CT molecular complexity index is 1990. The summed E-state index contributed by atoms with van der Waals surface area (Å²) >= 11 is 0. The van der Waals surface area contributed by atoms with Crippen molar-refractivity contribution in [2.75, 3.05) is 36.6 Å². The van der Waals surface area contributed by atoms with Gasteiger partial charge >= 0.3 is 11.6 Å². The zero-order chi connectivity index (χ0) is 30.8. The standard InChI is InChI=1S/C32H29N9O3/c1-38(22-15-16-22)18-6-10-27(42)39(2)24-7-5-8-25(19-24)41-30-28(29(33)35-20-36-30)40(32(41)44)23-13-11-21(12-14-23)31(43)37-26-9-3-4-17-34-26/h3-5,7-9,11-14,17,19-20,22H,15-16,18H2,1-2H3,(H2,33,35,36)(H,34,37,43). The van der Waals surface area contributed by atoms with Gasteiger partial charge < -0.3 is 16.0 Å². The third-order valence-electron chi connectivity index (χ3n) is 7.42. The number of fused-ring (bicyclic) bond motifs is 1. The van der Waals surface area contributed by atoms with Crippen molar-refractivity contribution in [1.82, 2.24) is 29.0 Å². The summed E-state index contributed by atoms with van der Waals surface area (Å²) in [7, 11) is 3.64. The van der Waals surface area contributed by atoms with Crippen molar-refractivity contribution < 1.29 is 9.59 Å². The second-order valence-electron chi connectivity index (χ2n) is 10.4. The normalized spacial score (nSPS) is 12.5. The van der Waals surface area contributed by atoms with Crippen molar-refractivity contribution in [3.8, 4) is 23.2 Å². The summed E-state index contributed by atoms with van der Waals surface area (Å²) in [5.41, 5.74) is 8.27. The minimum absolute atomic E-state index is 0.109. The van der Waals surface area contributed by atoms with E-state index in [1.54, 1.807) is 80.0 Å². The topological polar surface area (TPSA) is 144 Å². The molecule has 2 amide bonds. The number of nitrogens with two attached hydrogens (primary N) is 1. The van der Waals surface area contributed by atoms with Crippen LogP contribution in [0.3, 0.4) is 0 Å². The molecule has 0 atom stereocenters. The molecule has 0 saturated heterocycles. The molecule has 1 aliphatic rings. The molecule has 12 heteroatoms. The second kappa shape index (κ2) is 11.8. The van der Waals surface area contributed by atoms with E-state index in [0.717, 1.165) is 0 Å². The van der Waals surface area contributed by atoms with E-state index >= 15 is 0 Å². The Labute approximate surface area is 252 Å². The number of hydrogen-bond donors (Lipinski definition) is 2. The number of nitrogens with zero attached hydrogens (tertiary/aromatic N) is 7. The molecule has 44 heavy (non-hydrogen) atoms. The minimum atomic E-state index is -0.452. The number of benzene rings is 2. The first-order valence-corrected chi connectivity index (χ1v) is 14.0. The van der Waals surface area contributed by atoms with Crippen LogP contribution < -0.4 is 21.6 Å². The predicted octanol–water partition coefficient (Wildman–Crippen LogP) is 2.86. The summed E-state index contributed by atoms with van der Waals surface area (Å²) < 4.78 is 2.81. The van der Waals surface area contributed by atoms with Gasteiger partial charge in [-0.1, -0.05) is 18.1 Å². The lowest BCUT2D eigenvalue weighted by Gasteiger charge is -2.15. The molecule has 1 aliphatic carbocycles. The third-order valence-corrected chi connectivity index (χ3v) is 7.42. The molecule has 3 aromatic heterocycles. The van der Waals surface area contributed by atoms with E-state index in [9.17, 15) is 14.4 Å². The highest BCUT2D eigenvalue weighted by Gasteiger charge is 2.25. The SMILES string of the molecule is CN(C(=O)C#CCN(C)C1CC1)c1cccc(-n2c(=O)n(-c3ccc(C(=O)Nc4ccccn4)cc3)c3c(N)ncnc32)c1. The Morgan fingerprint density at radius 3 is 2.50 bits per heavy atom. The van der Waals surface area contributed by atoms with Crippen LogP contribution in [0.5, 0.6) is 0 Å². The van der Waals surface area contributed by atoms with Crippen molar-refractivity contribution in [2.24, 2.45) is 0 Å². The van der Waals surface area contributed by atoms with E-state index in [-0.39, 0.29) is 23.3 Å². The zero-order valence-electron chi connectivity index (χ0n) is 24.1. The van der Waals surface area contributed by atoms with Crippen LogP contribution in [0.15, 0.2) is 84.0 Å². The van der Waals surface area contributed by atoms with E-state index in [1.165, 1.54) is 33.2 Å². The molecule has 0 bridgehead atoms. The van der Waals surface area contributed by atoms with Gasteiger partial charge in [0.15, 0.2) is 11.5 Å². The molecule has 12 nitrogen and oxygen atoms in total. The highest BCUT2D eigenvalue weighted by molar-refractivity contribution is 6.05. The summed E-state index contributed by atoms with van der Waals surface area (Å²) in [6, 6.07) is 19.2. The van der Waals surface area contributed by atoms with Gasteiger partial charge in [-0.05, 0) is 80.4 Å². The monoisotopic (exact) mass is 587 g/mol. The average molecular weight is 588 g/mol. The first-order valence-electron chi connectivity index (χ1n) is 14.0. The summed E-state index contributed by atoms with van der Waals surface area (Å²) in [4.78, 5) is 55.7. The maximum atomic E-state index is 14.0. The van der Waals surface area contributed by atoms with Crippen LogP contribution in [0.1, 0.15) is 23.2 Å². The van der Waals surface area contributed by atoms with Crippen LogP contribution >= 0.6 is 0 Å². The summed E-state index contributed by atoms with van der Waals surface area (Å²) in [6.07, 6.45) is 5.21. The maximum Gasteiger partial charge on any atom is 0.339 e. The number of nitrogens with one attached hydrogen (secondary N) is 1. The Morgan fingerprint density at radius 1 is 0.977 bits per heavy atom. The van der Waals surface area contributed by atoms with Gasteiger partial charge in [0.2, 0.25) is 0 Å². The molecule has 0 spiro atoms. The fraction of sp³-hybridized carbons (Fsp3) is 0.188. The van der Waals surface area contributed by atoms with Crippen molar-refractivity contribution in [2.45, 2.75) is 18.9 Å². The van der Waals surface area contributed by atoms with Crippen LogP contribution in [-0.4, -0.2) is 67.5 Å². The first-order chi connectivity index (χ1) is 21.3. The van der Waals surface area contributed by atoms with Crippen LogP contribution in [0.2, 0.25) is 0 Å². The quantitative estimate of drug-likeness (QED) is 0.277. The van der Waals surface area contributed by atoms with Gasteiger partial charge in [-0.2, -0.15) is 0 Å². The average Bonchev–Trinajstić information content (AvgIpc) is 3.85. The molecule has 5 aromatic rings. The number of rotatable bonds is 7. The lowest BCUT2D eigenvalue weighted by molar-refractivity contribution is -0.113.